The summed E-state index contributed by atoms with van der Waals surface area (Å²) in [6.45, 7) is 5.58. The molecule has 2 aliphatic heterocycles. The van der Waals surface area contributed by atoms with Crippen molar-refractivity contribution in [3.63, 3.8) is 0 Å². The van der Waals surface area contributed by atoms with Crippen molar-refractivity contribution in [3.05, 3.63) is 64.3 Å². The third-order valence-corrected chi connectivity index (χ3v) is 9.03. The van der Waals surface area contributed by atoms with Crippen molar-refractivity contribution in [1.29, 1.82) is 0 Å². The number of anilines is 2. The third-order valence-electron chi connectivity index (χ3n) is 5.45. The van der Waals surface area contributed by atoms with Gasteiger partial charge in [-0.3, -0.25) is 0 Å². The molecule has 33 heavy (non-hydrogen) atoms. The lowest BCUT2D eigenvalue weighted by molar-refractivity contribution is -0.0867. The van der Waals surface area contributed by atoms with Crippen molar-refractivity contribution in [3.8, 4) is 0 Å². The lowest BCUT2D eigenvalue weighted by Crippen LogP contribution is -2.50. The number of hydrogen-bond acceptors (Lipinski definition) is 5. The lowest BCUT2D eigenvalue weighted by Gasteiger charge is -2.38. The van der Waals surface area contributed by atoms with Crippen molar-refractivity contribution in [2.45, 2.75) is 6.18 Å². The molecule has 5 nitrogen and oxygen atoms in total. The maximum atomic E-state index is 13.8. The summed E-state index contributed by atoms with van der Waals surface area (Å²) >= 11 is -1.07. The fraction of sp³-hybridized carbons (Fsp3) is 0.304. The van der Waals surface area contributed by atoms with Crippen LogP contribution in [-0.4, -0.2) is 60.2 Å². The van der Waals surface area contributed by atoms with Gasteiger partial charge in [0.2, 0.25) is 0 Å². The minimum atomic E-state index is -4.44. The van der Waals surface area contributed by atoms with Crippen LogP contribution in [0.2, 0.25) is 0 Å². The van der Waals surface area contributed by atoms with E-state index in [1.807, 2.05) is 30.3 Å². The third kappa shape index (κ3) is 5.87. The summed E-state index contributed by atoms with van der Waals surface area (Å²) in [5, 5.41) is 3.93. The van der Waals surface area contributed by atoms with E-state index >= 15 is 0 Å². The molecule has 1 N–H and O–H groups in total. The van der Waals surface area contributed by atoms with E-state index < -0.39 is 39.6 Å². The summed E-state index contributed by atoms with van der Waals surface area (Å²) < 4.78 is 55.4. The molecule has 0 bridgehead atoms. The van der Waals surface area contributed by atoms with Gasteiger partial charge in [-0.05, 0) is 74.5 Å². The first-order valence-electron chi connectivity index (χ1n) is 10.5. The van der Waals surface area contributed by atoms with E-state index in [-0.39, 0.29) is 5.84 Å². The van der Waals surface area contributed by atoms with Gasteiger partial charge in [0.25, 0.3) is 0 Å². The first kappa shape index (κ1) is 24.0. The van der Waals surface area contributed by atoms with Gasteiger partial charge in [0.1, 0.15) is 18.6 Å². The van der Waals surface area contributed by atoms with E-state index in [0.717, 1.165) is 16.7 Å². The minimum absolute atomic E-state index is 0.00750. The molecule has 0 unspecified atom stereocenters. The number of nitrogens with zero attached hydrogens (tertiary/aromatic N) is 3. The van der Waals surface area contributed by atoms with Crippen molar-refractivity contribution >= 4 is 54.1 Å². The topological polar surface area (TPSA) is 47.9 Å². The number of rotatable bonds is 4. The number of amidine groups is 1. The van der Waals surface area contributed by atoms with Crippen LogP contribution in [-0.2, 0) is 4.57 Å². The summed E-state index contributed by atoms with van der Waals surface area (Å²) in [5.41, 5.74) is 1.16. The summed E-state index contributed by atoms with van der Waals surface area (Å²) in [7, 11) is -2.36. The van der Waals surface area contributed by atoms with E-state index in [0.29, 0.717) is 29.9 Å². The van der Waals surface area contributed by atoms with Crippen LogP contribution in [0.3, 0.4) is 0 Å². The zero-order chi connectivity index (χ0) is 23.6. The van der Waals surface area contributed by atoms with Gasteiger partial charge in [-0.25, -0.2) is 4.99 Å². The number of para-hydroxylation sites is 1. The van der Waals surface area contributed by atoms with E-state index in [4.69, 9.17) is 0 Å². The van der Waals surface area contributed by atoms with Gasteiger partial charge < -0.3 is 19.7 Å². The highest BCUT2D eigenvalue weighted by atomic mass is 127. The fourth-order valence-corrected chi connectivity index (χ4v) is 6.60. The number of alkyl halides is 3. The summed E-state index contributed by atoms with van der Waals surface area (Å²) in [4.78, 5) is 8.36. The van der Waals surface area contributed by atoms with Crippen LogP contribution < -0.4 is 15.5 Å². The molecule has 0 spiro atoms. The van der Waals surface area contributed by atoms with Gasteiger partial charge in [0, 0.05) is 42.9 Å². The van der Waals surface area contributed by atoms with Crippen molar-refractivity contribution in [2.24, 2.45) is 4.99 Å². The second kappa shape index (κ2) is 9.62. The second-order valence-electron chi connectivity index (χ2n) is 8.19. The molecule has 0 atom stereocenters. The number of halogens is 4. The molecule has 10 heteroatoms. The molecule has 4 rings (SSSR count). The predicted molar refractivity (Wildman–Crippen MR) is 140 cm³/mol. The number of hydrogen-bond donors (Lipinski definition) is 1. The number of piperazine rings is 1. The van der Waals surface area contributed by atoms with E-state index in [2.05, 4.69) is 15.2 Å². The molecule has 2 heterocycles. The molecule has 0 aromatic heterocycles. The van der Waals surface area contributed by atoms with E-state index in [1.54, 1.807) is 42.5 Å². The molecule has 1 saturated heterocycles. The highest BCUT2D eigenvalue weighted by molar-refractivity contribution is 14.2. The van der Waals surface area contributed by atoms with Crippen molar-refractivity contribution in [1.82, 2.24) is 4.90 Å². The van der Waals surface area contributed by atoms with E-state index in [9.17, 15) is 17.7 Å². The highest BCUT2D eigenvalue weighted by Gasteiger charge is 2.40. The second-order valence-corrected chi connectivity index (χ2v) is 13.7. The molecular weight excluding hydrogens is 563 g/mol. The Morgan fingerprint density at radius 3 is 2.12 bits per heavy atom. The minimum Gasteiger partial charge on any atom is -0.368 e. The lowest BCUT2D eigenvalue weighted by atomic mass is 10.2. The average molecular weight is 588 g/mol. The molecule has 2 aromatic rings. The van der Waals surface area contributed by atoms with Gasteiger partial charge >= 0.3 is 6.18 Å². The normalized spacial score (nSPS) is 17.5. The Hall–Kier alpha value is -2.13. The number of nitrogens with one attached hydrogen (secondary N) is 1. The monoisotopic (exact) mass is 588 g/mol. The van der Waals surface area contributed by atoms with Crippen LogP contribution in [0.5, 0.6) is 0 Å². The zero-order valence-corrected chi connectivity index (χ0v) is 21.4. The largest absolute Gasteiger partial charge is 0.420 e. The van der Waals surface area contributed by atoms with Gasteiger partial charge in [-0.15, -0.1) is 0 Å². The predicted octanol–water partition coefficient (Wildman–Crippen LogP) is 5.09. The quantitative estimate of drug-likeness (QED) is 0.400. The fourth-order valence-electron chi connectivity index (χ4n) is 3.66. The maximum Gasteiger partial charge on any atom is 0.420 e. The Morgan fingerprint density at radius 2 is 1.55 bits per heavy atom. The van der Waals surface area contributed by atoms with E-state index in [1.165, 1.54) is 4.08 Å². The number of aliphatic imine (C=N–C) groups is 1. The molecule has 0 saturated carbocycles. The van der Waals surface area contributed by atoms with Crippen LogP contribution in [0, 0.1) is 0 Å². The highest BCUT2D eigenvalue weighted by Crippen LogP contribution is 2.35. The summed E-state index contributed by atoms with van der Waals surface area (Å²) in [6.07, 6.45) is -4.44. The average Bonchev–Trinajstić information content (AvgIpc) is 2.79. The Morgan fingerprint density at radius 1 is 0.939 bits per heavy atom. The number of benzene rings is 2. The zero-order valence-electron chi connectivity index (χ0n) is 18.3. The van der Waals surface area contributed by atoms with Gasteiger partial charge in [-0.1, -0.05) is 18.2 Å². The molecule has 0 amide bonds. The Balaban J connectivity index is 1.52. The maximum absolute atomic E-state index is 13.8. The molecule has 2 aromatic carbocycles. The smallest absolute Gasteiger partial charge is 0.368 e. The van der Waals surface area contributed by atoms with Gasteiger partial charge in [-0.2, -0.15) is 13.2 Å². The molecule has 0 aliphatic carbocycles. The molecule has 0 radical (unpaired) electrons. The summed E-state index contributed by atoms with van der Waals surface area (Å²) in [6, 6.07) is 17.0. The van der Waals surface area contributed by atoms with Crippen molar-refractivity contribution < 1.29 is 17.7 Å². The van der Waals surface area contributed by atoms with Crippen LogP contribution in [0.25, 0.3) is 0 Å². The molecule has 1 fully saturated rings. The van der Waals surface area contributed by atoms with Crippen LogP contribution in [0.15, 0.2) is 69.2 Å². The van der Waals surface area contributed by atoms with Crippen molar-refractivity contribution in [2.75, 3.05) is 49.7 Å². The molecule has 176 valence electrons. The Labute approximate surface area is 201 Å². The Bertz CT molecular complexity index is 1130. The Kier molecular flexibility index (Phi) is 7.00. The standard InChI is InChI=1S/C23H25F3IN4OP/c1-33(2,32)19-10-8-17(9-11-19)28-22-27-16-20(23(24,25)26)21(29-22)31-14-12-30(13-15-31)18-6-4-3-5-7-18/h3-11,16H,12-15H2,1-2H3,(H,28,29). The summed E-state index contributed by atoms with van der Waals surface area (Å²) in [5.74, 6) is -0.00750. The first-order chi connectivity index (χ1) is 15.6. The van der Waals surface area contributed by atoms with Gasteiger partial charge in [0.05, 0.1) is 0 Å². The SMILES string of the molecule is CP(C)(=O)c1ccc(NC2=IC=C(C(F)(F)F)C(N3CCN(c4ccccc4)CC3)=N2)cc1. The van der Waals surface area contributed by atoms with Crippen LogP contribution in [0.4, 0.5) is 24.5 Å². The molecular formula is C23H25F3IN4OP. The first-order valence-corrected chi connectivity index (χ1v) is 15.4. The molecule has 2 aliphatic rings. The van der Waals surface area contributed by atoms with Gasteiger partial charge in [0.15, 0.2) is 3.76 Å². The van der Waals surface area contributed by atoms with Crippen LogP contribution >= 0.6 is 27.9 Å². The van der Waals surface area contributed by atoms with Crippen LogP contribution in [0.1, 0.15) is 0 Å².